The van der Waals surface area contributed by atoms with Gasteiger partial charge in [0.15, 0.2) is 5.78 Å². The quantitative estimate of drug-likeness (QED) is 0.435. The molecule has 1 saturated carbocycles. The second-order valence-corrected chi connectivity index (χ2v) is 4.18. The van der Waals surface area contributed by atoms with Crippen LogP contribution in [0.4, 0.5) is 0 Å². The first-order valence-corrected chi connectivity index (χ1v) is 5.23. The number of rotatable bonds is 0. The van der Waals surface area contributed by atoms with Crippen molar-refractivity contribution in [1.29, 1.82) is 0 Å². The number of carbonyl (C=O) groups excluding carboxylic acids is 4. The van der Waals surface area contributed by atoms with Gasteiger partial charge in [-0.15, -0.1) is 0 Å². The van der Waals surface area contributed by atoms with Gasteiger partial charge >= 0.3 is 0 Å². The molecule has 0 saturated heterocycles. The van der Waals surface area contributed by atoms with E-state index in [1.165, 1.54) is 0 Å². The van der Waals surface area contributed by atoms with Gasteiger partial charge in [-0.25, -0.2) is 4.99 Å². The summed E-state index contributed by atoms with van der Waals surface area (Å²) in [6.45, 7) is 0. The third-order valence-corrected chi connectivity index (χ3v) is 3.04. The van der Waals surface area contributed by atoms with E-state index in [0.29, 0.717) is 11.3 Å². The zero-order chi connectivity index (χ0) is 12.2. The molecule has 2 aliphatic carbocycles. The highest BCUT2D eigenvalue weighted by atomic mass is 16.2. The maximum Gasteiger partial charge on any atom is 0.231 e. The van der Waals surface area contributed by atoms with Crippen LogP contribution in [0.15, 0.2) is 27.9 Å². The molecule has 0 aromatic heterocycles. The summed E-state index contributed by atoms with van der Waals surface area (Å²) < 4.78 is 0. The van der Waals surface area contributed by atoms with E-state index in [0.717, 1.165) is 0 Å². The van der Waals surface area contributed by atoms with Crippen LogP contribution in [0.5, 0.6) is 0 Å². The van der Waals surface area contributed by atoms with Gasteiger partial charge in [-0.05, 0) is 5.57 Å². The highest BCUT2D eigenvalue weighted by molar-refractivity contribution is 6.69. The van der Waals surface area contributed by atoms with Gasteiger partial charge in [0.05, 0.1) is 17.7 Å². The molecule has 3 rings (SSSR count). The van der Waals surface area contributed by atoms with Crippen molar-refractivity contribution in [3.05, 3.63) is 22.9 Å². The number of allylic oxidation sites excluding steroid dienone is 3. The van der Waals surface area contributed by atoms with Crippen molar-refractivity contribution < 1.29 is 19.2 Å². The van der Waals surface area contributed by atoms with E-state index in [2.05, 4.69) is 4.99 Å². The first-order valence-electron chi connectivity index (χ1n) is 5.23. The van der Waals surface area contributed by atoms with Crippen molar-refractivity contribution in [3.8, 4) is 0 Å². The van der Waals surface area contributed by atoms with Gasteiger partial charge in [-0.3, -0.25) is 19.2 Å². The fourth-order valence-electron chi connectivity index (χ4n) is 2.24. The first kappa shape index (κ1) is 10.0. The molecule has 0 aromatic carbocycles. The molecule has 0 bridgehead atoms. The lowest BCUT2D eigenvalue weighted by molar-refractivity contribution is -0.136. The predicted octanol–water partition coefficient (Wildman–Crippen LogP) is 0.0954. The molecular formula is C12H7NO4. The van der Waals surface area contributed by atoms with Crippen LogP contribution in [0, 0.1) is 0 Å². The number of ketones is 4. The second-order valence-electron chi connectivity index (χ2n) is 4.18. The summed E-state index contributed by atoms with van der Waals surface area (Å²) in [5.41, 5.74) is 1.07. The SMILES string of the molecule is O=C1CC=C2N=C3C(=O)CC(=O)C(=O)C3=C2C1. The number of Topliss-reactive ketones (excluding diaryl/α,β-unsaturated/α-hetero) is 4. The summed E-state index contributed by atoms with van der Waals surface area (Å²) in [5, 5.41) is 0. The second kappa shape index (κ2) is 3.16. The summed E-state index contributed by atoms with van der Waals surface area (Å²) in [5.74, 6) is -1.86. The molecular weight excluding hydrogens is 222 g/mol. The molecule has 0 unspecified atom stereocenters. The lowest BCUT2D eigenvalue weighted by Crippen LogP contribution is -2.35. The van der Waals surface area contributed by atoms with Crippen LogP contribution in [0.3, 0.4) is 0 Å². The monoisotopic (exact) mass is 229 g/mol. The number of aliphatic imine (C=N–C) groups is 1. The van der Waals surface area contributed by atoms with E-state index < -0.39 is 23.8 Å². The Morgan fingerprint density at radius 2 is 1.76 bits per heavy atom. The fraction of sp³-hybridized carbons (Fsp3) is 0.250. The summed E-state index contributed by atoms with van der Waals surface area (Å²) in [6, 6.07) is 0. The number of carbonyl (C=O) groups is 4. The van der Waals surface area contributed by atoms with Crippen LogP contribution < -0.4 is 0 Å². The summed E-state index contributed by atoms with van der Waals surface area (Å²) in [7, 11) is 0. The lowest BCUT2D eigenvalue weighted by Gasteiger charge is -2.13. The van der Waals surface area contributed by atoms with Gasteiger partial charge in [0.1, 0.15) is 11.5 Å². The van der Waals surface area contributed by atoms with Crippen molar-refractivity contribution in [2.24, 2.45) is 4.99 Å². The topological polar surface area (TPSA) is 80.6 Å². The number of nitrogens with zero attached hydrogens (tertiary/aromatic N) is 1. The molecule has 0 spiro atoms. The molecule has 3 aliphatic rings. The highest BCUT2D eigenvalue weighted by Gasteiger charge is 2.42. The maximum atomic E-state index is 11.7. The Labute approximate surface area is 95.9 Å². The minimum atomic E-state index is -0.712. The molecule has 0 radical (unpaired) electrons. The zero-order valence-corrected chi connectivity index (χ0v) is 8.78. The summed E-state index contributed by atoms with van der Waals surface area (Å²) in [4.78, 5) is 50.1. The van der Waals surface area contributed by atoms with E-state index in [1.807, 2.05) is 0 Å². The number of hydrogen-bond donors (Lipinski definition) is 0. The Balaban J connectivity index is 2.23. The van der Waals surface area contributed by atoms with Crippen LogP contribution in [-0.2, 0) is 19.2 Å². The maximum absolute atomic E-state index is 11.7. The smallest absolute Gasteiger partial charge is 0.231 e. The van der Waals surface area contributed by atoms with Gasteiger partial charge < -0.3 is 0 Å². The first-order chi connectivity index (χ1) is 8.08. The molecule has 1 fully saturated rings. The normalized spacial score (nSPS) is 23.5. The lowest BCUT2D eigenvalue weighted by atomic mass is 9.85. The third-order valence-electron chi connectivity index (χ3n) is 3.04. The predicted molar refractivity (Wildman–Crippen MR) is 56.4 cm³/mol. The van der Waals surface area contributed by atoms with Gasteiger partial charge in [0.25, 0.3) is 0 Å². The largest absolute Gasteiger partial charge is 0.299 e. The molecule has 0 aromatic rings. The van der Waals surface area contributed by atoms with Crippen molar-refractivity contribution in [1.82, 2.24) is 0 Å². The minimum absolute atomic E-state index is 0.0361. The molecule has 0 atom stereocenters. The van der Waals surface area contributed by atoms with Gasteiger partial charge in [-0.1, -0.05) is 6.08 Å². The minimum Gasteiger partial charge on any atom is -0.299 e. The van der Waals surface area contributed by atoms with E-state index in [1.54, 1.807) is 6.08 Å². The van der Waals surface area contributed by atoms with Crippen LogP contribution in [0.25, 0.3) is 0 Å². The standard InChI is InChI=1S/C12H7NO4/c14-5-1-2-7-6(3-5)10-11(13-7)8(15)4-9(16)12(10)17/h2H,1,3-4H2. The molecule has 0 amide bonds. The average molecular weight is 229 g/mol. The van der Waals surface area contributed by atoms with E-state index >= 15 is 0 Å². The fourth-order valence-corrected chi connectivity index (χ4v) is 2.24. The molecule has 0 N–H and O–H groups in total. The molecule has 1 heterocycles. The van der Waals surface area contributed by atoms with Crippen LogP contribution >= 0.6 is 0 Å². The number of fused-ring (bicyclic) bond motifs is 2. The van der Waals surface area contributed by atoms with Crippen molar-refractivity contribution in [2.75, 3.05) is 0 Å². The highest BCUT2D eigenvalue weighted by Crippen LogP contribution is 2.35. The Morgan fingerprint density at radius 1 is 1.00 bits per heavy atom. The van der Waals surface area contributed by atoms with Crippen LogP contribution in [0.2, 0.25) is 0 Å². The van der Waals surface area contributed by atoms with Crippen molar-refractivity contribution in [2.45, 2.75) is 19.3 Å². The Kier molecular flexibility index (Phi) is 1.86. The van der Waals surface area contributed by atoms with E-state index in [4.69, 9.17) is 0 Å². The Morgan fingerprint density at radius 3 is 2.53 bits per heavy atom. The summed E-state index contributed by atoms with van der Waals surface area (Å²) >= 11 is 0. The number of hydrogen-bond acceptors (Lipinski definition) is 5. The Bertz CT molecular complexity index is 604. The van der Waals surface area contributed by atoms with Gasteiger partial charge in [-0.2, -0.15) is 0 Å². The van der Waals surface area contributed by atoms with E-state index in [9.17, 15) is 19.2 Å². The third kappa shape index (κ3) is 1.28. The van der Waals surface area contributed by atoms with Gasteiger partial charge in [0, 0.05) is 12.8 Å². The van der Waals surface area contributed by atoms with Crippen molar-refractivity contribution in [3.63, 3.8) is 0 Å². The molecule has 5 heteroatoms. The molecule has 5 nitrogen and oxygen atoms in total. The molecule has 84 valence electrons. The molecule has 1 aliphatic heterocycles. The van der Waals surface area contributed by atoms with Gasteiger partial charge in [0.2, 0.25) is 11.6 Å². The zero-order valence-electron chi connectivity index (χ0n) is 8.78. The van der Waals surface area contributed by atoms with Crippen molar-refractivity contribution >= 4 is 28.8 Å². The molecule has 17 heavy (non-hydrogen) atoms. The van der Waals surface area contributed by atoms with Crippen LogP contribution in [-0.4, -0.2) is 28.8 Å². The van der Waals surface area contributed by atoms with E-state index in [-0.39, 0.29) is 29.9 Å². The average Bonchev–Trinajstić information content (AvgIpc) is 2.65. The van der Waals surface area contributed by atoms with Crippen LogP contribution in [0.1, 0.15) is 19.3 Å². The Hall–Kier alpha value is -2.17. The summed E-state index contributed by atoms with van der Waals surface area (Å²) in [6.07, 6.45) is 1.54.